The van der Waals surface area contributed by atoms with E-state index in [1.807, 2.05) is 6.07 Å². The summed E-state index contributed by atoms with van der Waals surface area (Å²) in [6, 6.07) is 10.5. The molecule has 0 amide bonds. The van der Waals surface area contributed by atoms with Crippen molar-refractivity contribution < 1.29 is 14.6 Å². The number of tetrazole rings is 1. The van der Waals surface area contributed by atoms with Crippen LogP contribution in [0.4, 0.5) is 0 Å². The summed E-state index contributed by atoms with van der Waals surface area (Å²) in [5.74, 6) is 0.0172. The highest BCUT2D eigenvalue weighted by Gasteiger charge is 2.12. The van der Waals surface area contributed by atoms with Gasteiger partial charge in [0.1, 0.15) is 12.4 Å². The van der Waals surface area contributed by atoms with Crippen LogP contribution in [0.15, 0.2) is 42.5 Å². The lowest BCUT2D eigenvalue weighted by atomic mass is 10.1. The standard InChI is InChI=1S/C18H14Cl2N4O3/c1-24-18(21-22-23-24)14-9-13(5-3-12(14)4-7-17(25)26)27-10-11-2-6-15(19)16(20)8-11/h2-9H,10H2,1H3,(H,25,26). The van der Waals surface area contributed by atoms with Crippen molar-refractivity contribution in [1.29, 1.82) is 0 Å². The number of aliphatic carboxylic acids is 1. The van der Waals surface area contributed by atoms with Crippen molar-refractivity contribution in [2.24, 2.45) is 7.05 Å². The number of hydrogen-bond donors (Lipinski definition) is 1. The van der Waals surface area contributed by atoms with Crippen LogP contribution in [0.25, 0.3) is 17.5 Å². The van der Waals surface area contributed by atoms with Crippen LogP contribution in [0.2, 0.25) is 10.0 Å². The van der Waals surface area contributed by atoms with Gasteiger partial charge in [-0.05, 0) is 51.9 Å². The number of carboxylic acids is 1. The third-order valence-corrected chi connectivity index (χ3v) is 4.42. The van der Waals surface area contributed by atoms with Crippen LogP contribution in [0.5, 0.6) is 5.75 Å². The summed E-state index contributed by atoms with van der Waals surface area (Å²) in [7, 11) is 1.70. The van der Waals surface area contributed by atoms with E-state index in [4.69, 9.17) is 33.0 Å². The second kappa shape index (κ2) is 8.20. The average molecular weight is 405 g/mol. The first-order valence-electron chi connectivity index (χ1n) is 7.78. The van der Waals surface area contributed by atoms with E-state index in [1.165, 1.54) is 10.8 Å². The Morgan fingerprint density at radius 2 is 2.04 bits per heavy atom. The van der Waals surface area contributed by atoms with Crippen molar-refractivity contribution in [2.45, 2.75) is 6.61 Å². The minimum Gasteiger partial charge on any atom is -0.489 e. The average Bonchev–Trinajstić information content (AvgIpc) is 3.07. The fourth-order valence-corrected chi connectivity index (χ4v) is 2.70. The van der Waals surface area contributed by atoms with E-state index < -0.39 is 5.97 Å². The first-order chi connectivity index (χ1) is 12.9. The molecule has 0 atom stereocenters. The largest absolute Gasteiger partial charge is 0.489 e. The van der Waals surface area contributed by atoms with Crippen molar-refractivity contribution in [3.63, 3.8) is 0 Å². The zero-order valence-corrected chi connectivity index (χ0v) is 15.6. The normalized spacial score (nSPS) is 11.1. The Bertz CT molecular complexity index is 1020. The molecule has 1 aromatic heterocycles. The summed E-state index contributed by atoms with van der Waals surface area (Å²) in [4.78, 5) is 10.8. The number of aromatic nitrogens is 4. The van der Waals surface area contributed by atoms with Gasteiger partial charge < -0.3 is 9.84 Å². The summed E-state index contributed by atoms with van der Waals surface area (Å²) in [6.07, 6.45) is 2.54. The van der Waals surface area contributed by atoms with E-state index in [1.54, 1.807) is 37.4 Å². The first-order valence-corrected chi connectivity index (χ1v) is 8.54. The van der Waals surface area contributed by atoms with Gasteiger partial charge in [-0.15, -0.1) is 5.10 Å². The Morgan fingerprint density at radius 3 is 2.70 bits per heavy atom. The number of ether oxygens (including phenoxy) is 1. The molecule has 27 heavy (non-hydrogen) atoms. The summed E-state index contributed by atoms with van der Waals surface area (Å²) >= 11 is 11.9. The van der Waals surface area contributed by atoms with Gasteiger partial charge in [0, 0.05) is 18.7 Å². The molecule has 0 aliphatic carbocycles. The lowest BCUT2D eigenvalue weighted by Crippen LogP contribution is -1.99. The molecule has 0 fully saturated rings. The van der Waals surface area contributed by atoms with Gasteiger partial charge in [-0.3, -0.25) is 0 Å². The quantitative estimate of drug-likeness (QED) is 0.627. The lowest BCUT2D eigenvalue weighted by molar-refractivity contribution is -0.131. The molecular formula is C18H14Cl2N4O3. The van der Waals surface area contributed by atoms with Crippen LogP contribution in [-0.4, -0.2) is 31.3 Å². The monoisotopic (exact) mass is 404 g/mol. The molecule has 0 radical (unpaired) electrons. The highest BCUT2D eigenvalue weighted by Crippen LogP contribution is 2.28. The number of hydrogen-bond acceptors (Lipinski definition) is 5. The molecular weight excluding hydrogens is 391 g/mol. The fourth-order valence-electron chi connectivity index (χ4n) is 2.38. The maximum absolute atomic E-state index is 10.8. The van der Waals surface area contributed by atoms with Gasteiger partial charge >= 0.3 is 5.97 Å². The Morgan fingerprint density at radius 1 is 1.22 bits per heavy atom. The van der Waals surface area contributed by atoms with Gasteiger partial charge in [-0.25, -0.2) is 9.48 Å². The van der Waals surface area contributed by atoms with Crippen LogP contribution in [0.1, 0.15) is 11.1 Å². The molecule has 7 nitrogen and oxygen atoms in total. The summed E-state index contributed by atoms with van der Waals surface area (Å²) in [5.41, 5.74) is 2.16. The van der Waals surface area contributed by atoms with E-state index in [0.29, 0.717) is 32.7 Å². The molecule has 0 bridgehead atoms. The Balaban J connectivity index is 1.89. The van der Waals surface area contributed by atoms with Crippen LogP contribution in [0.3, 0.4) is 0 Å². The van der Waals surface area contributed by atoms with E-state index >= 15 is 0 Å². The van der Waals surface area contributed by atoms with Crippen molar-refractivity contribution >= 4 is 35.2 Å². The number of halogens is 2. The van der Waals surface area contributed by atoms with E-state index in [2.05, 4.69) is 15.5 Å². The minimum atomic E-state index is -1.04. The molecule has 3 rings (SSSR count). The van der Waals surface area contributed by atoms with Gasteiger partial charge in [0.25, 0.3) is 0 Å². The zero-order valence-electron chi connectivity index (χ0n) is 14.1. The molecule has 2 aromatic carbocycles. The Labute approximate surface area is 164 Å². The molecule has 1 N–H and O–H groups in total. The molecule has 1 heterocycles. The Kier molecular flexibility index (Phi) is 5.73. The zero-order chi connectivity index (χ0) is 19.4. The minimum absolute atomic E-state index is 0.289. The predicted molar refractivity (Wildman–Crippen MR) is 102 cm³/mol. The van der Waals surface area contributed by atoms with Crippen LogP contribution in [0, 0.1) is 0 Å². The summed E-state index contributed by atoms with van der Waals surface area (Å²) in [5, 5.41) is 21.3. The second-order valence-corrected chi connectivity index (χ2v) is 6.40. The maximum atomic E-state index is 10.8. The number of aryl methyl sites for hydroxylation is 1. The molecule has 9 heteroatoms. The van der Waals surface area contributed by atoms with Gasteiger partial charge in [0.15, 0.2) is 5.82 Å². The number of carbonyl (C=O) groups is 1. The van der Waals surface area contributed by atoms with Gasteiger partial charge in [0.05, 0.1) is 10.0 Å². The second-order valence-electron chi connectivity index (χ2n) is 5.58. The third kappa shape index (κ3) is 4.64. The molecule has 0 aliphatic heterocycles. The molecule has 0 saturated carbocycles. The smallest absolute Gasteiger partial charge is 0.328 e. The SMILES string of the molecule is Cn1nnnc1-c1cc(OCc2ccc(Cl)c(Cl)c2)ccc1C=CC(=O)O. The lowest BCUT2D eigenvalue weighted by Gasteiger charge is -2.11. The van der Waals surface area contributed by atoms with Crippen molar-refractivity contribution in [3.8, 4) is 17.1 Å². The van der Waals surface area contributed by atoms with Gasteiger partial charge in [-0.1, -0.05) is 35.3 Å². The first kappa shape index (κ1) is 18.9. The topological polar surface area (TPSA) is 90.1 Å². The summed E-state index contributed by atoms with van der Waals surface area (Å²) < 4.78 is 7.32. The summed E-state index contributed by atoms with van der Waals surface area (Å²) in [6.45, 7) is 0.289. The highest BCUT2D eigenvalue weighted by molar-refractivity contribution is 6.42. The molecule has 3 aromatic rings. The van der Waals surface area contributed by atoms with Crippen LogP contribution < -0.4 is 4.74 Å². The number of benzene rings is 2. The van der Waals surface area contributed by atoms with E-state index in [9.17, 15) is 4.79 Å². The molecule has 0 saturated heterocycles. The fraction of sp³-hybridized carbons (Fsp3) is 0.111. The third-order valence-electron chi connectivity index (χ3n) is 3.68. The highest BCUT2D eigenvalue weighted by atomic mass is 35.5. The molecule has 0 aliphatic rings. The molecule has 0 spiro atoms. The van der Waals surface area contributed by atoms with Crippen molar-refractivity contribution in [1.82, 2.24) is 20.2 Å². The van der Waals surface area contributed by atoms with Crippen molar-refractivity contribution in [3.05, 3.63) is 63.6 Å². The predicted octanol–water partition coefficient (Wildman–Crippen LogP) is 3.86. The molecule has 0 unspecified atom stereocenters. The van der Waals surface area contributed by atoms with Crippen LogP contribution >= 0.6 is 23.2 Å². The van der Waals surface area contributed by atoms with Crippen LogP contribution in [-0.2, 0) is 18.4 Å². The van der Waals surface area contributed by atoms with E-state index in [0.717, 1.165) is 11.6 Å². The van der Waals surface area contributed by atoms with E-state index in [-0.39, 0.29) is 6.61 Å². The van der Waals surface area contributed by atoms with Crippen molar-refractivity contribution in [2.75, 3.05) is 0 Å². The Hall–Kier alpha value is -2.90. The molecule has 138 valence electrons. The van der Waals surface area contributed by atoms with Gasteiger partial charge in [-0.2, -0.15) is 0 Å². The number of carboxylic acid groups (broad SMARTS) is 1. The van der Waals surface area contributed by atoms with Gasteiger partial charge in [0.2, 0.25) is 0 Å². The number of nitrogens with zero attached hydrogens (tertiary/aromatic N) is 4. The maximum Gasteiger partial charge on any atom is 0.328 e. The number of rotatable bonds is 6.